The summed E-state index contributed by atoms with van der Waals surface area (Å²) < 4.78 is 31.2. The van der Waals surface area contributed by atoms with Gasteiger partial charge in [-0.1, -0.05) is 39.8 Å². The minimum absolute atomic E-state index is 0.0473. The number of esters is 6. The summed E-state index contributed by atoms with van der Waals surface area (Å²) in [5.74, 6) is 5.06. The third-order valence-corrected chi connectivity index (χ3v) is 16.3. The van der Waals surface area contributed by atoms with Crippen LogP contribution in [0.25, 0.3) is 0 Å². The van der Waals surface area contributed by atoms with Crippen molar-refractivity contribution in [2.75, 3.05) is 20.3 Å². The number of ether oxygens (including phenoxy) is 6. The Labute approximate surface area is 398 Å². The zero-order chi connectivity index (χ0) is 49.7. The molecule has 11 fully saturated rings. The Hall–Kier alpha value is -4.52. The van der Waals surface area contributed by atoms with Crippen LogP contribution in [0.2, 0.25) is 0 Å². The van der Waals surface area contributed by atoms with Crippen LogP contribution in [0.15, 0.2) is 60.8 Å². The van der Waals surface area contributed by atoms with Crippen molar-refractivity contribution in [2.24, 2.45) is 65.1 Å². The third-order valence-electron chi connectivity index (χ3n) is 16.3. The quantitative estimate of drug-likeness (QED) is 0.118. The molecule has 0 aromatic carbocycles. The zero-order valence-electron chi connectivity index (χ0n) is 41.5. The van der Waals surface area contributed by atoms with Crippen molar-refractivity contribution in [1.82, 2.24) is 0 Å². The summed E-state index contributed by atoms with van der Waals surface area (Å²) in [5, 5.41) is 8.19. The first-order valence-electron chi connectivity index (χ1n) is 24.5. The van der Waals surface area contributed by atoms with Crippen LogP contribution < -0.4 is 0 Å². The molecule has 0 radical (unpaired) electrons. The summed E-state index contributed by atoms with van der Waals surface area (Å²) in [7, 11) is 1.33. The lowest BCUT2D eigenvalue weighted by atomic mass is 9.49. The number of carbonyl (C=O) groups excluding carboxylic acids is 6. The van der Waals surface area contributed by atoms with Crippen LogP contribution in [-0.4, -0.2) is 84.7 Å². The molecule has 0 amide bonds. The van der Waals surface area contributed by atoms with Gasteiger partial charge >= 0.3 is 35.8 Å². The Morgan fingerprint density at radius 1 is 0.612 bits per heavy atom. The van der Waals surface area contributed by atoms with E-state index in [0.717, 1.165) is 42.9 Å². The van der Waals surface area contributed by atoms with Crippen LogP contribution in [0.5, 0.6) is 0 Å². The van der Waals surface area contributed by atoms with E-state index in [0.29, 0.717) is 57.5 Å². The third kappa shape index (κ3) is 12.0. The Bertz CT molecular complexity index is 1900. The zero-order valence-corrected chi connectivity index (χ0v) is 41.5. The average Bonchev–Trinajstić information content (AvgIpc) is 3.91. The molecule has 372 valence electrons. The molecular formula is C54H78O13. The van der Waals surface area contributed by atoms with E-state index >= 15 is 0 Å². The molecule has 0 aromatic heterocycles. The second-order valence-corrected chi connectivity index (χ2v) is 21.4. The molecule has 0 spiro atoms. The number of carbonyl (C=O) groups is 6. The topological polar surface area (TPSA) is 178 Å². The van der Waals surface area contributed by atoms with Gasteiger partial charge in [-0.3, -0.25) is 4.79 Å². The van der Waals surface area contributed by atoms with Gasteiger partial charge in [0.25, 0.3) is 0 Å². The van der Waals surface area contributed by atoms with Gasteiger partial charge in [-0.2, -0.15) is 0 Å². The lowest BCUT2D eigenvalue weighted by Crippen LogP contribution is -2.59. The maximum Gasteiger partial charge on any atom is 0.333 e. The highest BCUT2D eigenvalue weighted by Gasteiger charge is 2.63. The summed E-state index contributed by atoms with van der Waals surface area (Å²) in [6.45, 7) is 30.2. The molecule has 13 nitrogen and oxygen atoms in total. The Kier molecular flexibility index (Phi) is 17.8. The lowest BCUT2D eigenvalue weighted by molar-refractivity contribution is -0.207. The molecule has 13 heteroatoms. The molecule has 1 N–H and O–H groups in total. The average molecular weight is 935 g/mol. The number of aliphatic hydroxyl groups excluding tert-OH is 1. The van der Waals surface area contributed by atoms with Gasteiger partial charge in [0.2, 0.25) is 0 Å². The summed E-state index contributed by atoms with van der Waals surface area (Å²) >= 11 is 0. The number of rotatable bonds is 11. The van der Waals surface area contributed by atoms with Crippen LogP contribution in [0.4, 0.5) is 0 Å². The maximum absolute atomic E-state index is 12.0. The molecule has 10 saturated carbocycles. The van der Waals surface area contributed by atoms with Crippen LogP contribution >= 0.6 is 0 Å². The summed E-state index contributed by atoms with van der Waals surface area (Å²) in [6.07, 6.45) is 15.4. The van der Waals surface area contributed by atoms with Gasteiger partial charge < -0.3 is 33.5 Å². The van der Waals surface area contributed by atoms with E-state index < -0.39 is 5.97 Å². The molecule has 1 saturated heterocycles. The minimum atomic E-state index is -0.455. The maximum atomic E-state index is 12.0. The van der Waals surface area contributed by atoms with Crippen molar-refractivity contribution in [2.45, 2.75) is 155 Å². The number of fused-ring (bicyclic) bond motifs is 1. The van der Waals surface area contributed by atoms with Crippen LogP contribution in [0.1, 0.15) is 132 Å². The molecule has 11 aliphatic rings. The molecule has 5 unspecified atom stereocenters. The van der Waals surface area contributed by atoms with E-state index in [9.17, 15) is 28.8 Å². The molecule has 5 atom stereocenters. The summed E-state index contributed by atoms with van der Waals surface area (Å²) in [4.78, 5) is 67.4. The first-order chi connectivity index (χ1) is 31.5. The van der Waals surface area contributed by atoms with Crippen molar-refractivity contribution in [3.05, 3.63) is 60.8 Å². The van der Waals surface area contributed by atoms with Crippen molar-refractivity contribution in [3.63, 3.8) is 0 Å². The molecule has 67 heavy (non-hydrogen) atoms. The van der Waals surface area contributed by atoms with Gasteiger partial charge in [0.1, 0.15) is 30.0 Å². The van der Waals surface area contributed by atoms with Gasteiger partial charge in [-0.15, -0.1) is 0 Å². The molecule has 0 aromatic rings. The van der Waals surface area contributed by atoms with E-state index in [-0.39, 0.29) is 78.3 Å². The van der Waals surface area contributed by atoms with Crippen LogP contribution in [0.3, 0.4) is 0 Å². The van der Waals surface area contributed by atoms with Crippen molar-refractivity contribution < 1.29 is 62.3 Å². The number of aliphatic hydroxyl groups is 1. The first-order valence-corrected chi connectivity index (χ1v) is 24.5. The fraction of sp³-hybridized carbons (Fsp3) is 0.704. The lowest BCUT2D eigenvalue weighted by Gasteiger charge is -2.60. The Balaban J connectivity index is 0.000000163. The number of hydrogen-bond donors (Lipinski definition) is 1. The molecule has 1 heterocycles. The normalized spacial score (nSPS) is 36.3. The first kappa shape index (κ1) is 53.4. The largest absolute Gasteiger partial charge is 0.466 e. The molecule has 10 bridgehead atoms. The van der Waals surface area contributed by atoms with Crippen LogP contribution in [-0.2, 0) is 57.2 Å². The number of methoxy groups -OCH3 is 1. The minimum Gasteiger partial charge on any atom is -0.466 e. The SMILES string of the molecule is C=C(C)C(=O)OC.C=C(C)C(=O)OC1(C)C2CC3CC(C2)CC1C3.C=C(C)C(=O)OC1(CC)C2CC3CC(C2)CC1C3.C=C(C)C(=O)OC1C2CC3C(=O)OC1C3C2.C=C(C)C(=O)OCCO. The highest BCUT2D eigenvalue weighted by atomic mass is 16.6. The predicted molar refractivity (Wildman–Crippen MR) is 251 cm³/mol. The molecule has 11 rings (SSSR count). The second kappa shape index (κ2) is 22.3. The number of hydrogen-bond acceptors (Lipinski definition) is 13. The Morgan fingerprint density at radius 3 is 1.43 bits per heavy atom. The van der Waals surface area contributed by atoms with Crippen molar-refractivity contribution in [1.29, 1.82) is 0 Å². The van der Waals surface area contributed by atoms with E-state index in [1.165, 1.54) is 71.3 Å². The van der Waals surface area contributed by atoms with E-state index in [1.807, 2.05) is 0 Å². The highest BCUT2D eigenvalue weighted by molar-refractivity contribution is 5.89. The van der Waals surface area contributed by atoms with Gasteiger partial charge in [0.15, 0.2) is 0 Å². The highest BCUT2D eigenvalue weighted by Crippen LogP contribution is 2.62. The van der Waals surface area contributed by atoms with Gasteiger partial charge in [0, 0.05) is 39.7 Å². The molecular weight excluding hydrogens is 857 g/mol. The Morgan fingerprint density at radius 2 is 1.04 bits per heavy atom. The van der Waals surface area contributed by atoms with Gasteiger partial charge in [0.05, 0.1) is 19.6 Å². The smallest absolute Gasteiger partial charge is 0.333 e. The van der Waals surface area contributed by atoms with E-state index in [1.54, 1.807) is 34.6 Å². The van der Waals surface area contributed by atoms with Crippen molar-refractivity contribution >= 4 is 35.8 Å². The monoisotopic (exact) mass is 935 g/mol. The van der Waals surface area contributed by atoms with Gasteiger partial charge in [-0.25, -0.2) is 24.0 Å². The van der Waals surface area contributed by atoms with E-state index in [2.05, 4.69) is 56.2 Å². The van der Waals surface area contributed by atoms with Crippen LogP contribution in [0, 0.1) is 65.1 Å². The van der Waals surface area contributed by atoms with Crippen molar-refractivity contribution in [3.8, 4) is 0 Å². The second-order valence-electron chi connectivity index (χ2n) is 21.4. The fourth-order valence-electron chi connectivity index (χ4n) is 13.4. The molecule has 10 aliphatic carbocycles. The standard InChI is InChI=1S/C16H24O2.C15H22O2.C12H14O4.C6H10O3.C5H8O2/c1-4-16(18-15(17)10(2)3)13-6-11-5-12(8-13)9-14(16)7-11;1-9(2)14(16)17-15(3)12-5-10-4-11(7-12)8-13(15)6-10;1-5(2)11(13)15-9-6-3-7-8(4-6)12(14)16-10(7)9;1-5(2)6(8)9-4-3-7;1-4(2)5(6)7-3/h11-14H,2,4-9H2,1,3H3;10-13H,1,4-8H2,2-3H3;6-10H,1,3-4H2,2H3;7H,1,3-4H2,2H3;1H2,2-3H3. The van der Waals surface area contributed by atoms with E-state index in [4.69, 9.17) is 24.1 Å². The predicted octanol–water partition coefficient (Wildman–Crippen LogP) is 8.92. The molecule has 1 aliphatic heterocycles. The van der Waals surface area contributed by atoms with Gasteiger partial charge in [-0.05, 0) is 172 Å². The summed E-state index contributed by atoms with van der Waals surface area (Å²) in [5.41, 5.74) is 1.87. The summed E-state index contributed by atoms with van der Waals surface area (Å²) in [6, 6.07) is 0. The fourth-order valence-corrected chi connectivity index (χ4v) is 13.4.